The number of hydrogen-bond donors (Lipinski definition) is 2. The topological polar surface area (TPSA) is 55.1 Å². The van der Waals surface area contributed by atoms with Crippen molar-refractivity contribution in [2.75, 3.05) is 11.9 Å². The third-order valence-corrected chi connectivity index (χ3v) is 4.81. The number of rotatable bonds is 3. The third-order valence-electron chi connectivity index (χ3n) is 4.20. The van der Waals surface area contributed by atoms with Crippen LogP contribution in [0.5, 0.6) is 0 Å². The molecule has 110 valence electrons. The van der Waals surface area contributed by atoms with E-state index in [1.54, 1.807) is 6.07 Å². The third kappa shape index (κ3) is 3.04. The number of anilines is 1. The lowest BCUT2D eigenvalue weighted by Crippen LogP contribution is -2.44. The first-order chi connectivity index (χ1) is 9.48. The summed E-state index contributed by atoms with van der Waals surface area (Å²) in [6, 6.07) is 3.02. The Morgan fingerprint density at radius 2 is 2.05 bits per heavy atom. The van der Waals surface area contributed by atoms with Crippen molar-refractivity contribution in [3.8, 4) is 0 Å². The van der Waals surface area contributed by atoms with Gasteiger partial charge in [0.15, 0.2) is 0 Å². The number of hydrogen-bond acceptors (Lipinski definition) is 2. The normalized spacial score (nSPS) is 17.8. The molecule has 0 spiro atoms. The maximum Gasteiger partial charge on any atom is 0.231 e. The molecule has 0 heterocycles. The molecule has 1 saturated carbocycles. The molecule has 3 N–H and O–H groups in total. The average Bonchev–Trinajstić information content (AvgIpc) is 2.45. The fourth-order valence-corrected chi connectivity index (χ4v) is 3.25. The van der Waals surface area contributed by atoms with Gasteiger partial charge in [-0.15, -0.1) is 0 Å². The molecular formula is C15H20BrFN2O. The lowest BCUT2D eigenvalue weighted by Gasteiger charge is -2.34. The van der Waals surface area contributed by atoms with E-state index in [2.05, 4.69) is 21.2 Å². The molecule has 0 saturated heterocycles. The first kappa shape index (κ1) is 15.4. The highest BCUT2D eigenvalue weighted by Gasteiger charge is 2.38. The van der Waals surface area contributed by atoms with Crippen LogP contribution < -0.4 is 11.1 Å². The summed E-state index contributed by atoms with van der Waals surface area (Å²) in [5.74, 6) is -0.458. The summed E-state index contributed by atoms with van der Waals surface area (Å²) >= 11 is 3.14. The second kappa shape index (κ2) is 6.22. The Labute approximate surface area is 127 Å². The molecule has 0 unspecified atom stereocenters. The first-order valence-corrected chi connectivity index (χ1v) is 7.75. The summed E-state index contributed by atoms with van der Waals surface area (Å²) in [5.41, 5.74) is 6.70. The van der Waals surface area contributed by atoms with E-state index in [0.29, 0.717) is 16.7 Å². The van der Waals surface area contributed by atoms with Gasteiger partial charge in [0.05, 0.1) is 9.89 Å². The van der Waals surface area contributed by atoms with Crippen LogP contribution in [-0.2, 0) is 4.79 Å². The molecule has 1 aromatic carbocycles. The molecule has 3 nitrogen and oxygen atoms in total. The Morgan fingerprint density at radius 1 is 1.40 bits per heavy atom. The van der Waals surface area contributed by atoms with Crippen molar-refractivity contribution in [2.45, 2.75) is 39.0 Å². The number of benzene rings is 1. The van der Waals surface area contributed by atoms with Crippen molar-refractivity contribution in [1.82, 2.24) is 0 Å². The highest BCUT2D eigenvalue weighted by Crippen LogP contribution is 2.37. The van der Waals surface area contributed by atoms with Crippen LogP contribution in [0.15, 0.2) is 16.6 Å². The monoisotopic (exact) mass is 342 g/mol. The number of amides is 1. The van der Waals surface area contributed by atoms with Crippen LogP contribution in [0.4, 0.5) is 10.1 Å². The number of carbonyl (C=O) groups is 1. The van der Waals surface area contributed by atoms with Crippen LogP contribution in [0, 0.1) is 18.2 Å². The van der Waals surface area contributed by atoms with Crippen molar-refractivity contribution in [2.24, 2.45) is 11.1 Å². The maximum atomic E-state index is 13.6. The van der Waals surface area contributed by atoms with Gasteiger partial charge in [0.25, 0.3) is 0 Å². The van der Waals surface area contributed by atoms with Crippen LogP contribution in [0.2, 0.25) is 0 Å². The van der Waals surface area contributed by atoms with Gasteiger partial charge in [-0.3, -0.25) is 4.79 Å². The number of nitrogens with two attached hydrogens (primary N) is 1. The van der Waals surface area contributed by atoms with E-state index in [4.69, 9.17) is 5.73 Å². The molecule has 1 aliphatic rings. The van der Waals surface area contributed by atoms with Crippen LogP contribution >= 0.6 is 15.9 Å². The highest BCUT2D eigenvalue weighted by atomic mass is 79.9. The highest BCUT2D eigenvalue weighted by molar-refractivity contribution is 9.10. The minimum Gasteiger partial charge on any atom is -0.329 e. The van der Waals surface area contributed by atoms with Crippen molar-refractivity contribution >= 4 is 27.5 Å². The van der Waals surface area contributed by atoms with E-state index in [1.165, 1.54) is 6.07 Å². The standard InChI is InChI=1S/C15H20BrFN2O/c1-10-7-11(16)12(17)8-13(10)19-14(20)15(9-18)5-3-2-4-6-15/h7-8H,2-6,9,18H2,1H3,(H,19,20). The molecule has 0 radical (unpaired) electrons. The van der Waals surface area contributed by atoms with E-state index in [-0.39, 0.29) is 11.7 Å². The van der Waals surface area contributed by atoms with Crippen LogP contribution in [0.1, 0.15) is 37.7 Å². The summed E-state index contributed by atoms with van der Waals surface area (Å²) < 4.78 is 14.0. The second-order valence-electron chi connectivity index (χ2n) is 5.58. The summed E-state index contributed by atoms with van der Waals surface area (Å²) in [4.78, 5) is 12.5. The molecule has 0 aliphatic heterocycles. The molecule has 1 aromatic rings. The zero-order valence-corrected chi connectivity index (χ0v) is 13.2. The van der Waals surface area contributed by atoms with Gasteiger partial charge in [-0.05, 0) is 53.4 Å². The fourth-order valence-electron chi connectivity index (χ4n) is 2.79. The van der Waals surface area contributed by atoms with Crippen molar-refractivity contribution in [3.63, 3.8) is 0 Å². The van der Waals surface area contributed by atoms with E-state index in [0.717, 1.165) is 37.7 Å². The zero-order chi connectivity index (χ0) is 14.8. The van der Waals surface area contributed by atoms with E-state index >= 15 is 0 Å². The Bertz CT molecular complexity index is 513. The van der Waals surface area contributed by atoms with Gasteiger partial charge in [0.2, 0.25) is 5.91 Å². The summed E-state index contributed by atoms with van der Waals surface area (Å²) in [6.07, 6.45) is 4.83. The van der Waals surface area contributed by atoms with Gasteiger partial charge < -0.3 is 11.1 Å². The van der Waals surface area contributed by atoms with Crippen LogP contribution in [-0.4, -0.2) is 12.5 Å². The molecular weight excluding hydrogens is 323 g/mol. The van der Waals surface area contributed by atoms with Gasteiger partial charge >= 0.3 is 0 Å². The molecule has 0 aromatic heterocycles. The van der Waals surface area contributed by atoms with E-state index in [9.17, 15) is 9.18 Å². The predicted octanol–water partition coefficient (Wildman–Crippen LogP) is 3.74. The lowest BCUT2D eigenvalue weighted by atomic mass is 9.73. The Morgan fingerprint density at radius 3 is 2.65 bits per heavy atom. The average molecular weight is 343 g/mol. The van der Waals surface area contributed by atoms with Crippen molar-refractivity contribution in [3.05, 3.63) is 28.0 Å². The number of nitrogens with one attached hydrogen (secondary N) is 1. The lowest BCUT2D eigenvalue weighted by molar-refractivity contribution is -0.126. The second-order valence-corrected chi connectivity index (χ2v) is 6.43. The molecule has 0 atom stereocenters. The van der Waals surface area contributed by atoms with E-state index in [1.807, 2.05) is 6.92 Å². The Balaban J connectivity index is 2.20. The quantitative estimate of drug-likeness (QED) is 0.878. The van der Waals surface area contributed by atoms with Crippen LogP contribution in [0.3, 0.4) is 0 Å². The molecule has 2 rings (SSSR count). The minimum absolute atomic E-state index is 0.0791. The number of aryl methyl sites for hydroxylation is 1. The zero-order valence-electron chi connectivity index (χ0n) is 11.6. The summed E-state index contributed by atoms with van der Waals surface area (Å²) in [7, 11) is 0. The van der Waals surface area contributed by atoms with Crippen molar-refractivity contribution in [1.29, 1.82) is 0 Å². The molecule has 5 heteroatoms. The number of halogens is 2. The van der Waals surface area contributed by atoms with Gasteiger partial charge in [-0.25, -0.2) is 4.39 Å². The van der Waals surface area contributed by atoms with Gasteiger partial charge in [-0.2, -0.15) is 0 Å². The van der Waals surface area contributed by atoms with E-state index < -0.39 is 5.41 Å². The molecule has 0 bridgehead atoms. The van der Waals surface area contributed by atoms with Gasteiger partial charge in [0.1, 0.15) is 5.82 Å². The SMILES string of the molecule is Cc1cc(Br)c(F)cc1NC(=O)C1(CN)CCCCC1. The summed E-state index contributed by atoms with van der Waals surface area (Å²) in [5, 5.41) is 2.86. The molecule has 1 fully saturated rings. The minimum atomic E-state index is -0.492. The Hall–Kier alpha value is -0.940. The summed E-state index contributed by atoms with van der Waals surface area (Å²) in [6.45, 7) is 2.19. The predicted molar refractivity (Wildman–Crippen MR) is 82.0 cm³/mol. The van der Waals surface area contributed by atoms with Gasteiger partial charge in [-0.1, -0.05) is 19.3 Å². The molecule has 1 amide bonds. The van der Waals surface area contributed by atoms with Crippen molar-refractivity contribution < 1.29 is 9.18 Å². The smallest absolute Gasteiger partial charge is 0.231 e. The largest absolute Gasteiger partial charge is 0.329 e. The van der Waals surface area contributed by atoms with Crippen LogP contribution in [0.25, 0.3) is 0 Å². The maximum absolute atomic E-state index is 13.6. The first-order valence-electron chi connectivity index (χ1n) is 6.96. The molecule has 20 heavy (non-hydrogen) atoms. The fraction of sp³-hybridized carbons (Fsp3) is 0.533. The molecule has 1 aliphatic carbocycles. The Kier molecular flexibility index (Phi) is 4.81. The number of carbonyl (C=O) groups excluding carboxylic acids is 1. The van der Waals surface area contributed by atoms with Gasteiger partial charge in [0, 0.05) is 12.2 Å².